The van der Waals surface area contributed by atoms with Gasteiger partial charge in [-0.1, -0.05) is 0 Å². The zero-order valence-corrected chi connectivity index (χ0v) is 13.5. The Morgan fingerprint density at radius 2 is 2.26 bits per heavy atom. The molecule has 0 aromatic carbocycles. The van der Waals surface area contributed by atoms with Crippen molar-refractivity contribution in [1.29, 1.82) is 0 Å². The van der Waals surface area contributed by atoms with Crippen molar-refractivity contribution in [3.8, 4) is 0 Å². The summed E-state index contributed by atoms with van der Waals surface area (Å²) in [6, 6.07) is 2.10. The van der Waals surface area contributed by atoms with E-state index in [-0.39, 0.29) is 6.42 Å². The molecular weight excluding hydrogens is 348 g/mol. The molecule has 0 unspecified atom stereocenters. The van der Waals surface area contributed by atoms with Crippen LogP contribution in [-0.4, -0.2) is 23.1 Å². The third-order valence-corrected chi connectivity index (χ3v) is 5.16. The Morgan fingerprint density at radius 3 is 2.89 bits per heavy atom. The minimum absolute atomic E-state index is 0.130. The number of aryl methyl sites for hydroxylation is 1. The number of hydrogen-bond donors (Lipinski definition) is 1. The highest BCUT2D eigenvalue weighted by Gasteiger charge is 2.10. The highest BCUT2D eigenvalue weighted by molar-refractivity contribution is 9.10. The predicted octanol–water partition coefficient (Wildman–Crippen LogP) is 3.62. The fraction of sp³-hybridized carbons (Fsp3) is 0.333. The Kier molecular flexibility index (Phi) is 4.95. The predicted molar refractivity (Wildman–Crippen MR) is 82.2 cm³/mol. The number of anilines is 1. The second-order valence-corrected chi connectivity index (χ2v) is 6.85. The molecular formula is C12H13BrN2O2S2. The first-order chi connectivity index (χ1) is 9.04. The normalized spacial score (nSPS) is 10.6. The van der Waals surface area contributed by atoms with E-state index >= 15 is 0 Å². The van der Waals surface area contributed by atoms with E-state index in [2.05, 4.69) is 37.3 Å². The van der Waals surface area contributed by atoms with Crippen molar-refractivity contribution >= 4 is 49.7 Å². The summed E-state index contributed by atoms with van der Waals surface area (Å²) in [6.45, 7) is 0.808. The molecule has 2 aromatic heterocycles. The molecule has 0 fully saturated rings. The summed E-state index contributed by atoms with van der Waals surface area (Å²) in [4.78, 5) is 18.3. The third-order valence-electron chi connectivity index (χ3n) is 2.48. The molecule has 19 heavy (non-hydrogen) atoms. The van der Waals surface area contributed by atoms with Crippen molar-refractivity contribution in [2.75, 3.05) is 11.9 Å². The van der Waals surface area contributed by atoms with E-state index in [1.165, 1.54) is 4.88 Å². The molecule has 0 aliphatic rings. The first-order valence-electron chi connectivity index (χ1n) is 5.65. The lowest BCUT2D eigenvalue weighted by atomic mass is 10.2. The average Bonchev–Trinajstić information content (AvgIpc) is 2.95. The zero-order chi connectivity index (χ0) is 13.8. The molecule has 0 saturated carbocycles. The highest BCUT2D eigenvalue weighted by Crippen LogP contribution is 2.25. The number of rotatable bonds is 6. The second-order valence-electron chi connectivity index (χ2n) is 4.10. The minimum atomic E-state index is -0.786. The van der Waals surface area contributed by atoms with Gasteiger partial charge in [-0.25, -0.2) is 4.98 Å². The van der Waals surface area contributed by atoms with Gasteiger partial charge < -0.3 is 10.0 Å². The number of carbonyl (C=O) groups is 1. The Balaban J connectivity index is 1.95. The van der Waals surface area contributed by atoms with Gasteiger partial charge in [0.1, 0.15) is 0 Å². The summed E-state index contributed by atoms with van der Waals surface area (Å²) in [6.07, 6.45) is 0.620. The molecule has 2 rings (SSSR count). The van der Waals surface area contributed by atoms with Gasteiger partial charge in [0.25, 0.3) is 0 Å². The number of aliphatic carboxylic acids is 1. The van der Waals surface area contributed by atoms with Crippen LogP contribution in [0.2, 0.25) is 0 Å². The van der Waals surface area contributed by atoms with Crippen LogP contribution in [0.25, 0.3) is 0 Å². The van der Waals surface area contributed by atoms with Crippen molar-refractivity contribution in [1.82, 2.24) is 4.98 Å². The van der Waals surface area contributed by atoms with E-state index in [1.54, 1.807) is 22.7 Å². The van der Waals surface area contributed by atoms with Crippen LogP contribution in [0.15, 0.2) is 21.3 Å². The average molecular weight is 361 g/mol. The Labute approximate surface area is 127 Å². The lowest BCUT2D eigenvalue weighted by Gasteiger charge is -2.14. The minimum Gasteiger partial charge on any atom is -0.481 e. The Morgan fingerprint density at radius 1 is 1.47 bits per heavy atom. The van der Waals surface area contributed by atoms with Crippen LogP contribution >= 0.6 is 38.6 Å². The lowest BCUT2D eigenvalue weighted by molar-refractivity contribution is -0.136. The smallest absolute Gasteiger partial charge is 0.303 e. The van der Waals surface area contributed by atoms with Gasteiger partial charge in [-0.05, 0) is 22.0 Å². The molecule has 2 heterocycles. The lowest BCUT2D eigenvalue weighted by Crippen LogP contribution is -2.15. The molecule has 7 heteroatoms. The van der Waals surface area contributed by atoms with E-state index < -0.39 is 5.97 Å². The number of carboxylic acid groups (broad SMARTS) is 1. The van der Waals surface area contributed by atoms with Gasteiger partial charge in [0.05, 0.1) is 18.7 Å². The molecule has 0 spiro atoms. The number of aromatic nitrogens is 1. The van der Waals surface area contributed by atoms with Crippen molar-refractivity contribution in [2.45, 2.75) is 19.4 Å². The summed E-state index contributed by atoms with van der Waals surface area (Å²) < 4.78 is 1.10. The molecule has 0 aliphatic heterocycles. The summed E-state index contributed by atoms with van der Waals surface area (Å²) in [5.74, 6) is -0.786. The third kappa shape index (κ3) is 4.29. The van der Waals surface area contributed by atoms with Crippen LogP contribution in [0.5, 0.6) is 0 Å². The van der Waals surface area contributed by atoms with Crippen LogP contribution < -0.4 is 4.90 Å². The van der Waals surface area contributed by atoms with E-state index in [0.29, 0.717) is 6.42 Å². The second kappa shape index (κ2) is 6.49. The van der Waals surface area contributed by atoms with Crippen LogP contribution in [0, 0.1) is 0 Å². The molecule has 0 bridgehead atoms. The molecule has 0 aliphatic carbocycles. The number of hydrogen-bond acceptors (Lipinski definition) is 5. The molecule has 4 nitrogen and oxygen atoms in total. The summed E-state index contributed by atoms with van der Waals surface area (Å²) >= 11 is 6.69. The van der Waals surface area contributed by atoms with Crippen LogP contribution in [-0.2, 0) is 17.8 Å². The number of thiazole rings is 1. The van der Waals surface area contributed by atoms with Crippen LogP contribution in [0.3, 0.4) is 0 Å². The van der Waals surface area contributed by atoms with Gasteiger partial charge in [0.2, 0.25) is 0 Å². The number of halogens is 1. The molecule has 1 N–H and O–H groups in total. The summed E-state index contributed by atoms with van der Waals surface area (Å²) in [5.41, 5.74) is 0.849. The Hall–Kier alpha value is -0.920. The summed E-state index contributed by atoms with van der Waals surface area (Å²) in [5, 5.41) is 13.6. The molecule has 2 aromatic rings. The molecule has 0 radical (unpaired) electrons. The maximum Gasteiger partial charge on any atom is 0.303 e. The van der Waals surface area contributed by atoms with Gasteiger partial charge in [0.15, 0.2) is 5.13 Å². The van der Waals surface area contributed by atoms with Crippen molar-refractivity contribution in [3.63, 3.8) is 0 Å². The number of carboxylic acids is 1. The maximum absolute atomic E-state index is 10.5. The monoisotopic (exact) mass is 360 g/mol. The van der Waals surface area contributed by atoms with E-state index in [0.717, 1.165) is 21.8 Å². The van der Waals surface area contributed by atoms with Crippen LogP contribution in [0.4, 0.5) is 5.13 Å². The van der Waals surface area contributed by atoms with Gasteiger partial charge >= 0.3 is 5.97 Å². The molecule has 0 saturated heterocycles. The molecule has 102 valence electrons. The van der Waals surface area contributed by atoms with Crippen LogP contribution in [0.1, 0.15) is 17.0 Å². The van der Waals surface area contributed by atoms with Gasteiger partial charge in [-0.3, -0.25) is 4.79 Å². The van der Waals surface area contributed by atoms with E-state index in [9.17, 15) is 4.79 Å². The van der Waals surface area contributed by atoms with Crippen molar-refractivity contribution in [2.24, 2.45) is 0 Å². The fourth-order valence-electron chi connectivity index (χ4n) is 1.56. The standard InChI is InChI=1S/C12H13BrN2O2S2/c1-15(5-10-4-8(13)6-18-10)12-14-9(7-19-12)2-3-11(16)17/h4,6-7H,2-3,5H2,1H3,(H,16,17). The topological polar surface area (TPSA) is 53.4 Å². The number of nitrogens with zero attached hydrogens (tertiary/aromatic N) is 2. The van der Waals surface area contributed by atoms with Gasteiger partial charge in [-0.15, -0.1) is 22.7 Å². The Bertz CT molecular complexity index is 568. The first-order valence-corrected chi connectivity index (χ1v) is 8.20. The highest BCUT2D eigenvalue weighted by atomic mass is 79.9. The molecule has 0 amide bonds. The number of thiophene rings is 1. The first kappa shape index (κ1) is 14.5. The van der Waals surface area contributed by atoms with Crippen molar-refractivity contribution < 1.29 is 9.90 Å². The van der Waals surface area contributed by atoms with Gasteiger partial charge in [-0.2, -0.15) is 0 Å². The summed E-state index contributed by atoms with van der Waals surface area (Å²) in [7, 11) is 1.99. The van der Waals surface area contributed by atoms with E-state index in [4.69, 9.17) is 5.11 Å². The zero-order valence-electron chi connectivity index (χ0n) is 10.3. The van der Waals surface area contributed by atoms with E-state index in [1.807, 2.05) is 12.4 Å². The van der Waals surface area contributed by atoms with Gasteiger partial charge in [0, 0.05) is 33.6 Å². The van der Waals surface area contributed by atoms with Crippen molar-refractivity contribution in [3.05, 3.63) is 31.9 Å². The quantitative estimate of drug-likeness (QED) is 0.854. The largest absolute Gasteiger partial charge is 0.481 e. The fourth-order valence-corrected chi connectivity index (χ4v) is 3.89. The maximum atomic E-state index is 10.5. The SMILES string of the molecule is CN(Cc1cc(Br)cs1)c1nc(CCC(=O)O)cs1. The molecule has 0 atom stereocenters.